The summed E-state index contributed by atoms with van der Waals surface area (Å²) in [6.45, 7) is 1.57. The Morgan fingerprint density at radius 2 is 1.76 bits per heavy atom. The van der Waals surface area contributed by atoms with Crippen LogP contribution in [-0.4, -0.2) is 68.8 Å². The molecule has 1 saturated heterocycles. The number of hydrogen-bond acceptors (Lipinski definition) is 8. The molecule has 1 aliphatic rings. The van der Waals surface area contributed by atoms with E-state index in [-0.39, 0.29) is 13.2 Å². The minimum atomic E-state index is -1.47. The zero-order valence-electron chi connectivity index (χ0n) is 9.22. The molecule has 5 atom stereocenters. The normalized spacial score (nSPS) is 37.6. The first kappa shape index (κ1) is 14.5. The second-order valence-electron chi connectivity index (χ2n) is 3.53. The molecular weight excluding hydrogens is 252 g/mol. The van der Waals surface area contributed by atoms with Crippen molar-refractivity contribution in [2.45, 2.75) is 35.9 Å². The summed E-state index contributed by atoms with van der Waals surface area (Å²) in [5.74, 6) is 0. The van der Waals surface area contributed by atoms with E-state index in [1.54, 1.807) is 6.92 Å². The predicted octanol–water partition coefficient (Wildman–Crippen LogP) is -1.32. The molecule has 1 heterocycles. The Morgan fingerprint density at radius 1 is 1.12 bits per heavy atom. The first-order chi connectivity index (χ1) is 7.97. The Bertz CT molecular complexity index is 262. The van der Waals surface area contributed by atoms with Crippen molar-refractivity contribution in [3.63, 3.8) is 0 Å². The van der Waals surface area contributed by atoms with Crippen molar-refractivity contribution in [2.24, 2.45) is 0 Å². The quantitative estimate of drug-likeness (QED) is 0.465. The lowest BCUT2D eigenvalue weighted by Gasteiger charge is -2.37. The van der Waals surface area contributed by atoms with Crippen molar-refractivity contribution >= 4 is 17.9 Å². The third-order valence-corrected chi connectivity index (χ3v) is 3.64. The zero-order valence-corrected chi connectivity index (χ0v) is 10.0. The maximum absolute atomic E-state index is 10.9. The van der Waals surface area contributed by atoms with E-state index in [4.69, 9.17) is 0 Å². The second-order valence-corrected chi connectivity index (χ2v) is 4.89. The molecule has 4 N–H and O–H groups in total. The van der Waals surface area contributed by atoms with Gasteiger partial charge in [-0.2, -0.15) is 0 Å². The van der Waals surface area contributed by atoms with Gasteiger partial charge in [0.2, 0.25) is 0 Å². The first-order valence-electron chi connectivity index (χ1n) is 5.14. The Hall–Kier alpha value is -0.540. The van der Waals surface area contributed by atoms with E-state index in [0.717, 1.165) is 11.8 Å². The monoisotopic (exact) mass is 268 g/mol. The molecule has 1 rings (SSSR count). The number of aliphatic hydroxyl groups excluding tert-OH is 4. The van der Waals surface area contributed by atoms with E-state index < -0.39 is 35.2 Å². The summed E-state index contributed by atoms with van der Waals surface area (Å²) < 4.78 is 9.19. The molecule has 17 heavy (non-hydrogen) atoms. The molecule has 0 aromatic rings. The third kappa shape index (κ3) is 3.71. The summed E-state index contributed by atoms with van der Waals surface area (Å²) in [5.41, 5.74) is -1.23. The highest BCUT2D eigenvalue weighted by molar-refractivity contribution is 8.00. The fraction of sp³-hybridized carbons (Fsp3) is 0.889. The number of thioether (sulfide) groups is 1. The summed E-state index contributed by atoms with van der Waals surface area (Å²) in [7, 11) is 0. The maximum Gasteiger partial charge on any atom is 0.508 e. The van der Waals surface area contributed by atoms with Gasteiger partial charge in [-0.1, -0.05) is 0 Å². The van der Waals surface area contributed by atoms with Gasteiger partial charge in [-0.25, -0.2) is 4.79 Å². The van der Waals surface area contributed by atoms with Gasteiger partial charge in [0.1, 0.15) is 24.3 Å². The summed E-state index contributed by atoms with van der Waals surface area (Å²) in [5, 5.41) is 36.9. The van der Waals surface area contributed by atoms with Crippen LogP contribution in [0.2, 0.25) is 0 Å². The Balaban J connectivity index is 2.45. The van der Waals surface area contributed by atoms with Crippen molar-refractivity contribution in [1.29, 1.82) is 0 Å². The molecule has 1 aliphatic heterocycles. The fourth-order valence-electron chi connectivity index (χ4n) is 1.38. The van der Waals surface area contributed by atoms with E-state index in [2.05, 4.69) is 9.47 Å². The van der Waals surface area contributed by atoms with Gasteiger partial charge in [0.15, 0.2) is 0 Å². The Kier molecular flexibility index (Phi) is 5.47. The first-order valence-corrected chi connectivity index (χ1v) is 6.09. The van der Waals surface area contributed by atoms with Crippen molar-refractivity contribution in [3.05, 3.63) is 0 Å². The number of carbonyl (C=O) groups excluding carboxylic acids is 1. The van der Waals surface area contributed by atoms with E-state index in [9.17, 15) is 25.2 Å². The average Bonchev–Trinajstić information content (AvgIpc) is 2.30. The molecule has 0 unspecified atom stereocenters. The molecular formula is C9H16O7S. The third-order valence-electron chi connectivity index (χ3n) is 2.31. The number of hydrogen-bond donors (Lipinski definition) is 4. The maximum atomic E-state index is 10.9. The summed E-state index contributed by atoms with van der Waals surface area (Å²) >= 11 is 0.829. The molecule has 0 amide bonds. The van der Waals surface area contributed by atoms with Crippen LogP contribution in [0.5, 0.6) is 0 Å². The van der Waals surface area contributed by atoms with Gasteiger partial charge in [-0.15, -0.1) is 11.8 Å². The molecule has 0 aromatic carbocycles. The number of carbonyl (C=O) groups is 1. The lowest BCUT2D eigenvalue weighted by molar-refractivity contribution is -0.0965. The fourth-order valence-corrected chi connectivity index (χ4v) is 2.53. The molecule has 0 aromatic heterocycles. The van der Waals surface area contributed by atoms with Gasteiger partial charge in [0, 0.05) is 0 Å². The van der Waals surface area contributed by atoms with Crippen LogP contribution in [0.15, 0.2) is 0 Å². The Morgan fingerprint density at radius 3 is 2.35 bits per heavy atom. The molecule has 1 fully saturated rings. The van der Waals surface area contributed by atoms with Crippen LogP contribution in [0.1, 0.15) is 6.92 Å². The number of aliphatic hydroxyl groups is 4. The van der Waals surface area contributed by atoms with Gasteiger partial charge in [-0.05, 0) is 6.92 Å². The topological polar surface area (TPSA) is 116 Å². The number of ether oxygens (including phenoxy) is 2. The summed E-state index contributed by atoms with van der Waals surface area (Å²) in [4.78, 5) is 10.9. The van der Waals surface area contributed by atoms with Crippen molar-refractivity contribution < 1.29 is 34.7 Å². The van der Waals surface area contributed by atoms with E-state index in [1.807, 2.05) is 0 Å². The van der Waals surface area contributed by atoms with Crippen LogP contribution in [0.4, 0.5) is 4.79 Å². The van der Waals surface area contributed by atoms with Crippen LogP contribution in [0.3, 0.4) is 0 Å². The molecule has 7 nitrogen and oxygen atoms in total. The standard InChI is InChI=1S/C9H16O7S/c1-2-15-9(14)16-3-4-5(10)6(11)7(12)8(13)17-4/h4-8,10-13H,2-3H2,1H3/t4-,5-,6+,7-,8-/m1/s1. The zero-order chi connectivity index (χ0) is 13.0. The predicted molar refractivity (Wildman–Crippen MR) is 58.4 cm³/mol. The Labute approximate surface area is 102 Å². The summed E-state index contributed by atoms with van der Waals surface area (Å²) in [6.07, 6.45) is -5.06. The molecule has 0 saturated carbocycles. The van der Waals surface area contributed by atoms with Crippen LogP contribution in [-0.2, 0) is 9.47 Å². The van der Waals surface area contributed by atoms with Gasteiger partial charge >= 0.3 is 6.16 Å². The smallest absolute Gasteiger partial charge is 0.435 e. The molecule has 100 valence electrons. The van der Waals surface area contributed by atoms with Crippen molar-refractivity contribution in [3.8, 4) is 0 Å². The van der Waals surface area contributed by atoms with Crippen LogP contribution in [0.25, 0.3) is 0 Å². The average molecular weight is 268 g/mol. The largest absolute Gasteiger partial charge is 0.508 e. The van der Waals surface area contributed by atoms with Crippen molar-refractivity contribution in [1.82, 2.24) is 0 Å². The van der Waals surface area contributed by atoms with Crippen LogP contribution < -0.4 is 0 Å². The molecule has 8 heteroatoms. The highest BCUT2D eigenvalue weighted by Crippen LogP contribution is 2.31. The van der Waals surface area contributed by atoms with Gasteiger partial charge in [0.25, 0.3) is 0 Å². The molecule has 0 bridgehead atoms. The molecule has 0 aliphatic carbocycles. The SMILES string of the molecule is CCOC(=O)OC[C@H]1S[C@@H](O)[C@H](O)[C@@H](O)[C@@H]1O. The number of rotatable bonds is 3. The van der Waals surface area contributed by atoms with Gasteiger partial charge < -0.3 is 29.9 Å². The van der Waals surface area contributed by atoms with Crippen LogP contribution >= 0.6 is 11.8 Å². The van der Waals surface area contributed by atoms with Crippen LogP contribution in [0, 0.1) is 0 Å². The van der Waals surface area contributed by atoms with E-state index in [0.29, 0.717) is 0 Å². The van der Waals surface area contributed by atoms with Gasteiger partial charge in [0.05, 0.1) is 18.0 Å². The van der Waals surface area contributed by atoms with Gasteiger partial charge in [-0.3, -0.25) is 0 Å². The highest BCUT2D eigenvalue weighted by Gasteiger charge is 2.43. The van der Waals surface area contributed by atoms with E-state index >= 15 is 0 Å². The minimum Gasteiger partial charge on any atom is -0.435 e. The van der Waals surface area contributed by atoms with E-state index in [1.165, 1.54) is 0 Å². The minimum absolute atomic E-state index is 0.170. The highest BCUT2D eigenvalue weighted by atomic mass is 32.2. The second kappa shape index (κ2) is 6.41. The molecule has 0 spiro atoms. The summed E-state index contributed by atoms with van der Waals surface area (Å²) in [6, 6.07) is 0. The lowest BCUT2D eigenvalue weighted by Crippen LogP contribution is -2.54. The lowest BCUT2D eigenvalue weighted by atomic mass is 10.0. The van der Waals surface area contributed by atoms with Crippen molar-refractivity contribution in [2.75, 3.05) is 13.2 Å². The molecule has 0 radical (unpaired) electrons.